The van der Waals surface area contributed by atoms with E-state index in [2.05, 4.69) is 10.6 Å². The first-order valence-corrected chi connectivity index (χ1v) is 12.2. The van der Waals surface area contributed by atoms with Gasteiger partial charge in [-0.1, -0.05) is 6.42 Å². The molecular weight excluding hydrogens is 425 g/mol. The van der Waals surface area contributed by atoms with Gasteiger partial charge in [-0.05, 0) is 74.1 Å². The number of hydrogen-bond acceptors (Lipinski definition) is 5. The number of rotatable bonds is 6. The van der Waals surface area contributed by atoms with Crippen LogP contribution in [-0.4, -0.2) is 53.0 Å². The van der Waals surface area contributed by atoms with Crippen molar-refractivity contribution < 1.29 is 23.5 Å². The highest BCUT2D eigenvalue weighted by Gasteiger charge is 2.68. The van der Waals surface area contributed by atoms with Crippen molar-refractivity contribution in [2.45, 2.75) is 88.2 Å². The van der Waals surface area contributed by atoms with Crippen LogP contribution < -0.4 is 15.4 Å². The molecule has 3 atom stereocenters. The van der Waals surface area contributed by atoms with Crippen molar-refractivity contribution in [1.29, 1.82) is 0 Å². The van der Waals surface area contributed by atoms with E-state index in [-0.39, 0.29) is 35.8 Å². The molecule has 1 saturated heterocycles. The molecule has 0 spiro atoms. The Labute approximate surface area is 192 Å². The molecule has 5 fully saturated rings. The van der Waals surface area contributed by atoms with Gasteiger partial charge in [0.25, 0.3) is 5.91 Å². The lowest BCUT2D eigenvalue weighted by molar-refractivity contribution is -0.211. The SMILES string of the molecule is O=C1CCC(N2Cc3cc(O[C@@H]4CCCC[C@H]4NCC45CC(F)(C4)C5)ccc3C2=O)C(=O)N1. The highest BCUT2D eigenvalue weighted by Crippen LogP contribution is 2.69. The number of carbonyl (C=O) groups is 3. The number of benzene rings is 1. The van der Waals surface area contributed by atoms with Gasteiger partial charge in [-0.25, -0.2) is 4.39 Å². The monoisotopic (exact) mass is 455 g/mol. The maximum absolute atomic E-state index is 13.9. The zero-order valence-corrected chi connectivity index (χ0v) is 18.7. The summed E-state index contributed by atoms with van der Waals surface area (Å²) in [5.41, 5.74) is 0.747. The lowest BCUT2D eigenvalue weighted by atomic mass is 9.42. The van der Waals surface area contributed by atoms with Crippen molar-refractivity contribution in [2.75, 3.05) is 6.54 Å². The van der Waals surface area contributed by atoms with Crippen molar-refractivity contribution in [3.8, 4) is 5.75 Å². The first kappa shape index (κ1) is 21.1. The first-order valence-electron chi connectivity index (χ1n) is 12.2. The number of nitrogens with one attached hydrogen (secondary N) is 2. The van der Waals surface area contributed by atoms with Gasteiger partial charge in [0, 0.05) is 31.1 Å². The molecule has 2 N–H and O–H groups in total. The molecule has 2 aliphatic heterocycles. The highest BCUT2D eigenvalue weighted by atomic mass is 19.1. The van der Waals surface area contributed by atoms with Crippen LogP contribution in [-0.2, 0) is 16.1 Å². The first-order chi connectivity index (χ1) is 15.8. The van der Waals surface area contributed by atoms with Crippen LogP contribution in [0.15, 0.2) is 18.2 Å². The normalized spacial score (nSPS) is 37.2. The Morgan fingerprint density at radius 1 is 1.12 bits per heavy atom. The zero-order chi connectivity index (χ0) is 22.8. The molecule has 7 rings (SSSR count). The van der Waals surface area contributed by atoms with Gasteiger partial charge >= 0.3 is 0 Å². The van der Waals surface area contributed by atoms with E-state index in [1.54, 1.807) is 11.0 Å². The van der Waals surface area contributed by atoms with E-state index >= 15 is 0 Å². The maximum Gasteiger partial charge on any atom is 0.255 e. The average Bonchev–Trinajstić information content (AvgIpc) is 3.06. The Morgan fingerprint density at radius 2 is 1.91 bits per heavy atom. The summed E-state index contributed by atoms with van der Waals surface area (Å²) in [6.45, 7) is 1.21. The number of fused-ring (bicyclic) bond motifs is 1. The summed E-state index contributed by atoms with van der Waals surface area (Å²) in [5, 5.41) is 6.02. The fraction of sp³-hybridized carbons (Fsp3) is 0.640. The zero-order valence-electron chi connectivity index (χ0n) is 18.7. The molecular formula is C25H30FN3O4. The van der Waals surface area contributed by atoms with Crippen molar-refractivity contribution in [1.82, 2.24) is 15.5 Å². The van der Waals surface area contributed by atoms with E-state index in [4.69, 9.17) is 4.74 Å². The van der Waals surface area contributed by atoms with Crippen molar-refractivity contribution in [2.24, 2.45) is 5.41 Å². The third-order valence-electron chi connectivity index (χ3n) is 8.30. The second-order valence-corrected chi connectivity index (χ2v) is 10.8. The third-order valence-corrected chi connectivity index (χ3v) is 8.30. The standard InChI is InChI=1S/C25H30FN3O4/c26-25-11-24(12-25,13-25)14-27-18-3-1-2-4-20(18)33-16-5-6-17-15(9-16)10-29(23(17)32)19-7-8-21(30)28-22(19)31/h5-6,9,18-20,27H,1-4,7-8,10-14H2,(H,28,30,31)/t18-,19?,20-,24?,25?/m1/s1. The smallest absolute Gasteiger partial charge is 0.255 e. The largest absolute Gasteiger partial charge is 0.489 e. The lowest BCUT2D eigenvalue weighted by Crippen LogP contribution is -2.68. The van der Waals surface area contributed by atoms with Gasteiger partial charge in [0.05, 0.1) is 0 Å². The molecule has 3 amide bonds. The van der Waals surface area contributed by atoms with Crippen LogP contribution in [0.2, 0.25) is 0 Å². The number of nitrogens with zero attached hydrogens (tertiary/aromatic N) is 1. The number of carbonyl (C=O) groups excluding carboxylic acids is 3. The molecule has 1 aromatic rings. The fourth-order valence-electron chi connectivity index (χ4n) is 6.67. The Morgan fingerprint density at radius 3 is 2.67 bits per heavy atom. The molecule has 6 aliphatic rings. The van der Waals surface area contributed by atoms with E-state index < -0.39 is 17.6 Å². The molecule has 2 bridgehead atoms. The number of hydrogen-bond donors (Lipinski definition) is 2. The van der Waals surface area contributed by atoms with Gasteiger partial charge in [0.15, 0.2) is 0 Å². The molecule has 8 heteroatoms. The van der Waals surface area contributed by atoms with E-state index in [1.165, 1.54) is 0 Å². The maximum atomic E-state index is 13.9. The van der Waals surface area contributed by atoms with Gasteiger partial charge in [-0.3, -0.25) is 19.7 Å². The highest BCUT2D eigenvalue weighted by molar-refractivity contribution is 6.05. The molecule has 176 valence electrons. The summed E-state index contributed by atoms with van der Waals surface area (Å²) in [6, 6.07) is 5.17. The number of halogens is 1. The number of ether oxygens (including phenoxy) is 1. The van der Waals surface area contributed by atoms with Crippen LogP contribution in [0.5, 0.6) is 5.75 Å². The molecule has 7 nitrogen and oxygen atoms in total. The third kappa shape index (κ3) is 3.63. The number of alkyl halides is 1. The second-order valence-electron chi connectivity index (χ2n) is 10.8. The molecule has 33 heavy (non-hydrogen) atoms. The Kier molecular flexibility index (Phi) is 4.80. The predicted molar refractivity (Wildman–Crippen MR) is 117 cm³/mol. The topological polar surface area (TPSA) is 87.7 Å². The molecule has 4 saturated carbocycles. The molecule has 0 radical (unpaired) electrons. The van der Waals surface area contributed by atoms with Crippen LogP contribution in [0.25, 0.3) is 0 Å². The van der Waals surface area contributed by atoms with Crippen LogP contribution in [0.1, 0.15) is 73.7 Å². The number of amides is 3. The van der Waals surface area contributed by atoms with E-state index in [9.17, 15) is 18.8 Å². The minimum absolute atomic E-state index is 0.0480. The average molecular weight is 456 g/mol. The van der Waals surface area contributed by atoms with Gasteiger partial charge in [0.1, 0.15) is 23.6 Å². The van der Waals surface area contributed by atoms with E-state index in [1.807, 2.05) is 12.1 Å². The van der Waals surface area contributed by atoms with Gasteiger partial charge in [0.2, 0.25) is 11.8 Å². The number of piperidine rings is 1. The lowest BCUT2D eigenvalue weighted by Gasteiger charge is -2.66. The van der Waals surface area contributed by atoms with Crippen LogP contribution in [0, 0.1) is 5.41 Å². The summed E-state index contributed by atoms with van der Waals surface area (Å²) in [5.74, 6) is -0.126. The van der Waals surface area contributed by atoms with Gasteiger partial charge in [-0.15, -0.1) is 0 Å². The Hall–Kier alpha value is -2.48. The van der Waals surface area contributed by atoms with Crippen molar-refractivity contribution in [3.05, 3.63) is 29.3 Å². The van der Waals surface area contributed by atoms with E-state index in [0.29, 0.717) is 37.8 Å². The molecule has 4 aliphatic carbocycles. The van der Waals surface area contributed by atoms with Gasteiger partial charge < -0.3 is 15.0 Å². The minimum Gasteiger partial charge on any atom is -0.489 e. The van der Waals surface area contributed by atoms with Crippen molar-refractivity contribution in [3.63, 3.8) is 0 Å². The van der Waals surface area contributed by atoms with Gasteiger partial charge in [-0.2, -0.15) is 0 Å². The summed E-state index contributed by atoms with van der Waals surface area (Å²) in [6.07, 6.45) is 7.06. The molecule has 1 aromatic carbocycles. The molecule has 2 heterocycles. The Bertz CT molecular complexity index is 1010. The summed E-state index contributed by atoms with van der Waals surface area (Å²) in [4.78, 5) is 38.2. The van der Waals surface area contributed by atoms with Crippen LogP contribution in [0.4, 0.5) is 4.39 Å². The van der Waals surface area contributed by atoms with Crippen molar-refractivity contribution >= 4 is 17.7 Å². The van der Waals surface area contributed by atoms with Crippen LogP contribution in [0.3, 0.4) is 0 Å². The summed E-state index contributed by atoms with van der Waals surface area (Å²) < 4.78 is 20.3. The summed E-state index contributed by atoms with van der Waals surface area (Å²) >= 11 is 0. The van der Waals surface area contributed by atoms with E-state index in [0.717, 1.165) is 43.5 Å². The predicted octanol–water partition coefficient (Wildman–Crippen LogP) is 2.62. The number of imide groups is 1. The summed E-state index contributed by atoms with van der Waals surface area (Å²) in [7, 11) is 0. The second kappa shape index (κ2) is 7.52. The van der Waals surface area contributed by atoms with Crippen LogP contribution >= 0.6 is 0 Å². The Balaban J connectivity index is 1.11. The fourth-order valence-corrected chi connectivity index (χ4v) is 6.67. The minimum atomic E-state index is -0.867. The molecule has 0 aromatic heterocycles. The molecule has 1 unspecified atom stereocenters. The quantitative estimate of drug-likeness (QED) is 0.644.